The van der Waals surface area contributed by atoms with Crippen molar-refractivity contribution in [2.75, 3.05) is 5.73 Å². The van der Waals surface area contributed by atoms with Crippen molar-refractivity contribution in [1.29, 1.82) is 0 Å². The second kappa shape index (κ2) is 3.75. The zero-order valence-electron chi connectivity index (χ0n) is 7.31. The van der Waals surface area contributed by atoms with Gasteiger partial charge in [0.1, 0.15) is 5.82 Å². The van der Waals surface area contributed by atoms with Crippen molar-refractivity contribution in [3.05, 3.63) is 41.1 Å². The van der Waals surface area contributed by atoms with Gasteiger partial charge in [-0.3, -0.25) is 4.98 Å². The molecule has 0 amide bonds. The lowest BCUT2D eigenvalue weighted by Gasteiger charge is -2.04. The lowest BCUT2D eigenvalue weighted by molar-refractivity contribution is 1.28. The Kier molecular flexibility index (Phi) is 2.45. The van der Waals surface area contributed by atoms with Crippen molar-refractivity contribution >= 4 is 21.7 Å². The van der Waals surface area contributed by atoms with Gasteiger partial charge in [-0.1, -0.05) is 6.07 Å². The van der Waals surface area contributed by atoms with E-state index in [1.807, 2.05) is 24.3 Å². The molecule has 0 spiro atoms. The fourth-order valence-electron chi connectivity index (χ4n) is 1.18. The van der Waals surface area contributed by atoms with Gasteiger partial charge in [-0.2, -0.15) is 0 Å². The quantitative estimate of drug-likeness (QED) is 0.845. The summed E-state index contributed by atoms with van der Waals surface area (Å²) in [6.07, 6.45) is 3.42. The Morgan fingerprint density at radius 2 is 1.93 bits per heavy atom. The highest BCUT2D eigenvalue weighted by Gasteiger charge is 2.06. The molecule has 0 aromatic carbocycles. The summed E-state index contributed by atoms with van der Waals surface area (Å²) in [4.78, 5) is 8.21. The summed E-state index contributed by atoms with van der Waals surface area (Å²) in [5, 5.41) is 0. The van der Waals surface area contributed by atoms with Crippen LogP contribution < -0.4 is 5.73 Å². The Balaban J connectivity index is 2.58. The van der Waals surface area contributed by atoms with E-state index < -0.39 is 0 Å². The highest BCUT2D eigenvalue weighted by molar-refractivity contribution is 9.10. The number of rotatable bonds is 1. The van der Waals surface area contributed by atoms with Crippen LogP contribution in [0.5, 0.6) is 0 Å². The average Bonchev–Trinajstić information content (AvgIpc) is 2.23. The second-order valence-corrected chi connectivity index (χ2v) is 3.57. The van der Waals surface area contributed by atoms with Crippen molar-refractivity contribution in [1.82, 2.24) is 9.97 Å². The first kappa shape index (κ1) is 9.15. The van der Waals surface area contributed by atoms with E-state index in [2.05, 4.69) is 25.9 Å². The van der Waals surface area contributed by atoms with Gasteiger partial charge in [-0.05, 0) is 34.1 Å². The molecule has 0 unspecified atom stereocenters. The maximum Gasteiger partial charge on any atom is 0.138 e. The molecule has 0 fully saturated rings. The van der Waals surface area contributed by atoms with E-state index in [-0.39, 0.29) is 0 Å². The van der Waals surface area contributed by atoms with Crippen molar-refractivity contribution in [2.45, 2.75) is 0 Å². The molecule has 70 valence electrons. The van der Waals surface area contributed by atoms with Crippen molar-refractivity contribution in [3.8, 4) is 11.3 Å². The molecule has 0 aliphatic carbocycles. The monoisotopic (exact) mass is 249 g/mol. The number of pyridine rings is 2. The Morgan fingerprint density at radius 3 is 2.64 bits per heavy atom. The first-order valence-corrected chi connectivity index (χ1v) is 4.89. The van der Waals surface area contributed by atoms with Crippen molar-refractivity contribution in [2.24, 2.45) is 0 Å². The largest absolute Gasteiger partial charge is 0.383 e. The number of aromatic nitrogens is 2. The standard InChI is InChI=1S/C10H8BrN3/c11-9-7(4-6-14-10(9)12)8-3-1-2-5-13-8/h1-6H,(H2,12,14). The third-order valence-corrected chi connectivity index (χ3v) is 2.69. The van der Waals surface area contributed by atoms with E-state index in [1.54, 1.807) is 12.4 Å². The molecule has 2 N–H and O–H groups in total. The Labute approximate surface area is 90.1 Å². The lowest BCUT2D eigenvalue weighted by atomic mass is 10.2. The summed E-state index contributed by atoms with van der Waals surface area (Å²) < 4.78 is 0.790. The van der Waals surface area contributed by atoms with Crippen molar-refractivity contribution < 1.29 is 0 Å². The molecule has 4 heteroatoms. The molecule has 3 nitrogen and oxygen atoms in total. The van der Waals surface area contributed by atoms with Crippen LogP contribution in [0.3, 0.4) is 0 Å². The van der Waals surface area contributed by atoms with Gasteiger partial charge in [0.25, 0.3) is 0 Å². The molecule has 0 radical (unpaired) electrons. The smallest absolute Gasteiger partial charge is 0.138 e. The third kappa shape index (κ3) is 1.61. The number of nitrogens with two attached hydrogens (primary N) is 1. The average molecular weight is 250 g/mol. The lowest BCUT2D eigenvalue weighted by Crippen LogP contribution is -1.93. The first-order valence-electron chi connectivity index (χ1n) is 4.10. The molecule has 0 saturated heterocycles. The van der Waals surface area contributed by atoms with E-state index in [1.165, 1.54) is 0 Å². The van der Waals surface area contributed by atoms with Gasteiger partial charge < -0.3 is 5.73 Å². The predicted molar refractivity (Wildman–Crippen MR) is 59.6 cm³/mol. The Bertz CT molecular complexity index is 442. The topological polar surface area (TPSA) is 51.8 Å². The number of nitrogens with zero attached hydrogens (tertiary/aromatic N) is 2. The number of hydrogen-bond acceptors (Lipinski definition) is 3. The van der Waals surface area contributed by atoms with E-state index in [4.69, 9.17) is 5.73 Å². The van der Waals surface area contributed by atoms with Gasteiger partial charge in [0.05, 0.1) is 10.2 Å². The summed E-state index contributed by atoms with van der Waals surface area (Å²) in [6.45, 7) is 0. The van der Waals surface area contributed by atoms with Crippen LogP contribution in [0.2, 0.25) is 0 Å². The summed E-state index contributed by atoms with van der Waals surface area (Å²) in [6, 6.07) is 7.62. The van der Waals surface area contributed by atoms with Crippen LogP contribution in [0, 0.1) is 0 Å². The molecule has 0 aliphatic rings. The van der Waals surface area contributed by atoms with Gasteiger partial charge in [0.2, 0.25) is 0 Å². The van der Waals surface area contributed by atoms with Gasteiger partial charge in [0.15, 0.2) is 0 Å². The Hall–Kier alpha value is -1.42. The van der Waals surface area contributed by atoms with E-state index in [0.29, 0.717) is 5.82 Å². The summed E-state index contributed by atoms with van der Waals surface area (Å²) in [5.74, 6) is 0.480. The fourth-order valence-corrected chi connectivity index (χ4v) is 1.62. The van der Waals surface area contributed by atoms with Crippen LogP contribution in [-0.4, -0.2) is 9.97 Å². The number of hydrogen-bond donors (Lipinski definition) is 1. The van der Waals surface area contributed by atoms with Crippen LogP contribution in [-0.2, 0) is 0 Å². The summed E-state index contributed by atoms with van der Waals surface area (Å²) >= 11 is 3.39. The molecule has 2 rings (SSSR count). The molecular weight excluding hydrogens is 242 g/mol. The summed E-state index contributed by atoms with van der Waals surface area (Å²) in [7, 11) is 0. The van der Waals surface area contributed by atoms with Crippen LogP contribution in [0.15, 0.2) is 41.1 Å². The van der Waals surface area contributed by atoms with Crippen LogP contribution >= 0.6 is 15.9 Å². The van der Waals surface area contributed by atoms with Gasteiger partial charge in [-0.25, -0.2) is 4.98 Å². The summed E-state index contributed by atoms with van der Waals surface area (Å²) in [5.41, 5.74) is 7.51. The third-order valence-electron chi connectivity index (χ3n) is 1.86. The Morgan fingerprint density at radius 1 is 1.07 bits per heavy atom. The molecule has 2 heterocycles. The van der Waals surface area contributed by atoms with Crippen LogP contribution in [0.4, 0.5) is 5.82 Å². The van der Waals surface area contributed by atoms with Crippen LogP contribution in [0.1, 0.15) is 0 Å². The first-order chi connectivity index (χ1) is 6.79. The highest BCUT2D eigenvalue weighted by Crippen LogP contribution is 2.29. The maximum atomic E-state index is 5.67. The fraction of sp³-hybridized carbons (Fsp3) is 0. The maximum absolute atomic E-state index is 5.67. The minimum Gasteiger partial charge on any atom is -0.383 e. The molecule has 0 saturated carbocycles. The van der Waals surface area contributed by atoms with E-state index in [0.717, 1.165) is 15.7 Å². The zero-order chi connectivity index (χ0) is 9.97. The predicted octanol–water partition coefficient (Wildman–Crippen LogP) is 2.49. The molecule has 2 aromatic heterocycles. The molecule has 0 atom stereocenters. The van der Waals surface area contributed by atoms with E-state index >= 15 is 0 Å². The minimum absolute atomic E-state index is 0.480. The van der Waals surface area contributed by atoms with E-state index in [9.17, 15) is 0 Å². The van der Waals surface area contributed by atoms with Crippen LogP contribution in [0.25, 0.3) is 11.3 Å². The highest BCUT2D eigenvalue weighted by atomic mass is 79.9. The van der Waals surface area contributed by atoms with Gasteiger partial charge >= 0.3 is 0 Å². The van der Waals surface area contributed by atoms with Gasteiger partial charge in [-0.15, -0.1) is 0 Å². The molecule has 2 aromatic rings. The SMILES string of the molecule is Nc1nccc(-c2ccccn2)c1Br. The zero-order valence-corrected chi connectivity index (χ0v) is 8.90. The number of nitrogen functional groups attached to an aromatic ring is 1. The molecule has 0 bridgehead atoms. The van der Waals surface area contributed by atoms with Gasteiger partial charge in [0, 0.05) is 18.0 Å². The number of halogens is 1. The molecule has 0 aliphatic heterocycles. The molecule has 14 heavy (non-hydrogen) atoms. The normalized spacial score (nSPS) is 10.1. The van der Waals surface area contributed by atoms with Crippen molar-refractivity contribution in [3.63, 3.8) is 0 Å². The number of anilines is 1. The molecular formula is C10H8BrN3. The second-order valence-electron chi connectivity index (χ2n) is 2.77. The minimum atomic E-state index is 0.480.